The zero-order valence-electron chi connectivity index (χ0n) is 12.0. The van der Waals surface area contributed by atoms with E-state index < -0.39 is 11.6 Å². The molecule has 1 N–H and O–H groups in total. The van der Waals surface area contributed by atoms with Gasteiger partial charge in [-0.3, -0.25) is 4.90 Å². The maximum Gasteiger partial charge on any atom is 0.163 e. The van der Waals surface area contributed by atoms with E-state index in [0.717, 1.165) is 39.0 Å². The average Bonchev–Trinajstić information content (AvgIpc) is 2.48. The lowest BCUT2D eigenvalue weighted by atomic mass is 9.97. The minimum atomic E-state index is -0.721. The second kappa shape index (κ2) is 6.95. The fourth-order valence-corrected chi connectivity index (χ4v) is 2.72. The Morgan fingerprint density at radius 2 is 2.00 bits per heavy atom. The van der Waals surface area contributed by atoms with E-state index in [1.807, 2.05) is 6.08 Å². The molecule has 0 aliphatic carbocycles. The smallest absolute Gasteiger partial charge is 0.163 e. The summed E-state index contributed by atoms with van der Waals surface area (Å²) >= 11 is 0. The minimum absolute atomic E-state index is 0.0785. The predicted molar refractivity (Wildman–Crippen MR) is 77.7 cm³/mol. The summed E-state index contributed by atoms with van der Waals surface area (Å²) in [4.78, 5) is 2.23. The second-order valence-corrected chi connectivity index (χ2v) is 5.27. The van der Waals surface area contributed by atoms with E-state index in [1.54, 1.807) is 19.1 Å². The van der Waals surface area contributed by atoms with E-state index in [0.29, 0.717) is 11.1 Å². The van der Waals surface area contributed by atoms with Gasteiger partial charge in [-0.15, -0.1) is 6.58 Å². The summed E-state index contributed by atoms with van der Waals surface area (Å²) in [7, 11) is 0. The predicted octanol–water partition coefficient (Wildman–Crippen LogP) is 3.19. The molecular formula is C16H22F2N2. The first-order chi connectivity index (χ1) is 9.65. The van der Waals surface area contributed by atoms with Crippen LogP contribution in [-0.2, 0) is 0 Å². The van der Waals surface area contributed by atoms with Crippen molar-refractivity contribution in [1.29, 1.82) is 0 Å². The van der Waals surface area contributed by atoms with Gasteiger partial charge >= 0.3 is 0 Å². The highest BCUT2D eigenvalue weighted by Crippen LogP contribution is 2.30. The molecule has 0 unspecified atom stereocenters. The number of rotatable bonds is 5. The molecule has 2 nitrogen and oxygen atoms in total. The summed E-state index contributed by atoms with van der Waals surface area (Å²) in [6.45, 7) is 8.81. The first kappa shape index (κ1) is 15.1. The molecule has 2 rings (SSSR count). The van der Waals surface area contributed by atoms with Gasteiger partial charge in [0, 0.05) is 37.8 Å². The topological polar surface area (TPSA) is 15.3 Å². The monoisotopic (exact) mass is 280 g/mol. The lowest BCUT2D eigenvalue weighted by Gasteiger charge is -2.35. The number of halogens is 2. The third-order valence-corrected chi connectivity index (χ3v) is 3.90. The molecule has 110 valence electrons. The van der Waals surface area contributed by atoms with Crippen LogP contribution in [0.1, 0.15) is 30.0 Å². The third-order valence-electron chi connectivity index (χ3n) is 3.90. The average molecular weight is 280 g/mol. The molecular weight excluding hydrogens is 258 g/mol. The molecule has 0 spiro atoms. The third kappa shape index (κ3) is 3.25. The SMILES string of the molecule is C=CCC[C@H](c1ccc(C)c(F)c1F)N1CCNCC1. The first-order valence-electron chi connectivity index (χ1n) is 7.15. The Morgan fingerprint density at radius 3 is 2.65 bits per heavy atom. The molecule has 1 aromatic carbocycles. The summed E-state index contributed by atoms with van der Waals surface area (Å²) in [5.41, 5.74) is 0.825. The van der Waals surface area contributed by atoms with E-state index >= 15 is 0 Å². The Labute approximate surface area is 119 Å². The Hall–Kier alpha value is -1.26. The van der Waals surface area contributed by atoms with Crippen LogP contribution in [0.2, 0.25) is 0 Å². The number of hydrogen-bond donors (Lipinski definition) is 1. The molecule has 0 bridgehead atoms. The number of nitrogens with zero attached hydrogens (tertiary/aromatic N) is 1. The van der Waals surface area contributed by atoms with Crippen molar-refractivity contribution >= 4 is 0 Å². The highest BCUT2D eigenvalue weighted by molar-refractivity contribution is 5.28. The van der Waals surface area contributed by atoms with Gasteiger partial charge in [-0.05, 0) is 25.3 Å². The quantitative estimate of drug-likeness (QED) is 0.833. The molecule has 1 heterocycles. The minimum Gasteiger partial charge on any atom is -0.314 e. The Kier molecular flexibility index (Phi) is 5.26. The standard InChI is InChI=1S/C16H22F2N2/c1-3-4-5-14(20-10-8-19-9-11-20)13-7-6-12(2)15(17)16(13)18/h3,6-7,14,19H,1,4-5,8-11H2,2H3/t14-/m1/s1. The lowest BCUT2D eigenvalue weighted by Crippen LogP contribution is -2.45. The summed E-state index contributed by atoms with van der Waals surface area (Å²) in [5, 5.41) is 3.28. The van der Waals surface area contributed by atoms with Gasteiger partial charge in [0.1, 0.15) is 0 Å². The molecule has 1 fully saturated rings. The van der Waals surface area contributed by atoms with Crippen LogP contribution in [0.5, 0.6) is 0 Å². The van der Waals surface area contributed by atoms with Gasteiger partial charge in [0.15, 0.2) is 11.6 Å². The van der Waals surface area contributed by atoms with Gasteiger partial charge < -0.3 is 5.32 Å². The lowest BCUT2D eigenvalue weighted by molar-refractivity contribution is 0.162. The van der Waals surface area contributed by atoms with E-state index in [4.69, 9.17) is 0 Å². The van der Waals surface area contributed by atoms with Gasteiger partial charge in [-0.1, -0.05) is 18.2 Å². The van der Waals surface area contributed by atoms with Crippen LogP contribution in [0.4, 0.5) is 8.78 Å². The van der Waals surface area contributed by atoms with Gasteiger partial charge in [-0.25, -0.2) is 8.78 Å². The fourth-order valence-electron chi connectivity index (χ4n) is 2.72. The molecule has 0 radical (unpaired) electrons. The number of benzene rings is 1. The number of hydrogen-bond acceptors (Lipinski definition) is 2. The summed E-state index contributed by atoms with van der Waals surface area (Å²) in [5.74, 6) is -1.42. The summed E-state index contributed by atoms with van der Waals surface area (Å²) in [6, 6.07) is 3.31. The summed E-state index contributed by atoms with van der Waals surface area (Å²) in [6.07, 6.45) is 3.39. The Balaban J connectivity index is 2.29. The zero-order chi connectivity index (χ0) is 14.5. The van der Waals surface area contributed by atoms with Crippen molar-refractivity contribution in [3.63, 3.8) is 0 Å². The van der Waals surface area contributed by atoms with Crippen molar-refractivity contribution in [1.82, 2.24) is 10.2 Å². The van der Waals surface area contributed by atoms with Gasteiger partial charge in [0.25, 0.3) is 0 Å². The van der Waals surface area contributed by atoms with Crippen molar-refractivity contribution < 1.29 is 8.78 Å². The van der Waals surface area contributed by atoms with Crippen LogP contribution in [0, 0.1) is 18.6 Å². The Bertz CT molecular complexity index is 468. The van der Waals surface area contributed by atoms with Crippen molar-refractivity contribution in [3.05, 3.63) is 47.5 Å². The molecule has 20 heavy (non-hydrogen) atoms. The molecule has 0 amide bonds. The Morgan fingerprint density at radius 1 is 1.30 bits per heavy atom. The molecule has 0 aromatic heterocycles. The molecule has 1 aliphatic heterocycles. The van der Waals surface area contributed by atoms with E-state index in [9.17, 15) is 8.78 Å². The van der Waals surface area contributed by atoms with E-state index in [1.165, 1.54) is 0 Å². The highest BCUT2D eigenvalue weighted by Gasteiger charge is 2.25. The number of nitrogens with one attached hydrogen (secondary N) is 1. The maximum atomic E-state index is 14.3. The summed E-state index contributed by atoms with van der Waals surface area (Å²) < 4.78 is 28.1. The van der Waals surface area contributed by atoms with E-state index in [-0.39, 0.29) is 6.04 Å². The fraction of sp³-hybridized carbons (Fsp3) is 0.500. The van der Waals surface area contributed by atoms with Crippen LogP contribution >= 0.6 is 0 Å². The van der Waals surface area contributed by atoms with Gasteiger partial charge in [-0.2, -0.15) is 0 Å². The van der Waals surface area contributed by atoms with Crippen LogP contribution in [-0.4, -0.2) is 31.1 Å². The number of aryl methyl sites for hydroxylation is 1. The molecule has 1 atom stereocenters. The van der Waals surface area contributed by atoms with Crippen molar-refractivity contribution in [2.75, 3.05) is 26.2 Å². The number of allylic oxidation sites excluding steroid dienone is 1. The van der Waals surface area contributed by atoms with Crippen LogP contribution < -0.4 is 5.32 Å². The van der Waals surface area contributed by atoms with Crippen LogP contribution in [0.15, 0.2) is 24.8 Å². The van der Waals surface area contributed by atoms with E-state index in [2.05, 4.69) is 16.8 Å². The highest BCUT2D eigenvalue weighted by atomic mass is 19.2. The van der Waals surface area contributed by atoms with Crippen LogP contribution in [0.25, 0.3) is 0 Å². The maximum absolute atomic E-state index is 14.3. The molecule has 0 saturated carbocycles. The molecule has 4 heteroatoms. The zero-order valence-corrected chi connectivity index (χ0v) is 12.0. The molecule has 1 aromatic rings. The van der Waals surface area contributed by atoms with Crippen LogP contribution in [0.3, 0.4) is 0 Å². The second-order valence-electron chi connectivity index (χ2n) is 5.27. The van der Waals surface area contributed by atoms with Gasteiger partial charge in [0.05, 0.1) is 0 Å². The van der Waals surface area contributed by atoms with Gasteiger partial charge in [0.2, 0.25) is 0 Å². The molecule has 1 saturated heterocycles. The van der Waals surface area contributed by atoms with Crippen molar-refractivity contribution in [3.8, 4) is 0 Å². The number of piperazine rings is 1. The van der Waals surface area contributed by atoms with Crippen molar-refractivity contribution in [2.24, 2.45) is 0 Å². The molecule has 1 aliphatic rings. The first-order valence-corrected chi connectivity index (χ1v) is 7.15. The largest absolute Gasteiger partial charge is 0.314 e. The van der Waals surface area contributed by atoms with Crippen molar-refractivity contribution in [2.45, 2.75) is 25.8 Å². The normalized spacial score (nSPS) is 17.9.